The van der Waals surface area contributed by atoms with Gasteiger partial charge in [-0.2, -0.15) is 0 Å². The topological polar surface area (TPSA) is 114 Å². The van der Waals surface area contributed by atoms with Crippen LogP contribution in [0.3, 0.4) is 0 Å². The lowest BCUT2D eigenvalue weighted by molar-refractivity contribution is -0.118. The molecule has 2 aromatic rings. The van der Waals surface area contributed by atoms with Gasteiger partial charge < -0.3 is 15.2 Å². The zero-order chi connectivity index (χ0) is 23.1. The first-order valence-electron chi connectivity index (χ1n) is 10.3. The second kappa shape index (κ2) is 10.4. The maximum Gasteiger partial charge on any atom is 0.274 e. The lowest BCUT2D eigenvalue weighted by Gasteiger charge is -2.17. The van der Waals surface area contributed by atoms with Crippen molar-refractivity contribution < 1.29 is 9.59 Å². The first kappa shape index (κ1) is 22.8. The maximum absolute atomic E-state index is 12.8. The van der Waals surface area contributed by atoms with Crippen molar-refractivity contribution in [3.8, 4) is 0 Å². The molecule has 2 N–H and O–H groups in total. The third-order valence-corrected chi connectivity index (χ3v) is 4.96. The van der Waals surface area contributed by atoms with Crippen LogP contribution < -0.4 is 10.6 Å². The summed E-state index contributed by atoms with van der Waals surface area (Å²) >= 11 is 0. The van der Waals surface area contributed by atoms with E-state index in [0.29, 0.717) is 17.1 Å². The molecule has 2 atom stereocenters. The lowest BCUT2D eigenvalue weighted by atomic mass is 9.98. The largest absolute Gasteiger partial charge is 0.325 e. The SMILES string of the molecule is CN=C/C(=C\C(C)c1ccnc(C(=O)NC2=CC(c3nncn3C)CC=C2)c1)NC(C)=O. The Labute approximate surface area is 187 Å². The molecule has 2 amide bonds. The summed E-state index contributed by atoms with van der Waals surface area (Å²) < 4.78 is 1.87. The summed E-state index contributed by atoms with van der Waals surface area (Å²) in [5.74, 6) is 0.340. The predicted molar refractivity (Wildman–Crippen MR) is 122 cm³/mol. The fourth-order valence-corrected chi connectivity index (χ4v) is 3.45. The summed E-state index contributed by atoms with van der Waals surface area (Å²) in [6.45, 7) is 3.42. The van der Waals surface area contributed by atoms with E-state index in [4.69, 9.17) is 0 Å². The Morgan fingerprint density at radius 1 is 1.38 bits per heavy atom. The van der Waals surface area contributed by atoms with Gasteiger partial charge >= 0.3 is 0 Å². The van der Waals surface area contributed by atoms with E-state index in [1.54, 1.807) is 31.9 Å². The van der Waals surface area contributed by atoms with Gasteiger partial charge in [-0.25, -0.2) is 0 Å². The van der Waals surface area contributed by atoms with Crippen molar-refractivity contribution >= 4 is 18.0 Å². The third-order valence-electron chi connectivity index (χ3n) is 4.96. The number of hydrogen-bond donors (Lipinski definition) is 2. The second-order valence-electron chi connectivity index (χ2n) is 7.57. The van der Waals surface area contributed by atoms with Gasteiger partial charge in [0.15, 0.2) is 0 Å². The van der Waals surface area contributed by atoms with E-state index in [2.05, 4.69) is 30.8 Å². The molecule has 32 heavy (non-hydrogen) atoms. The van der Waals surface area contributed by atoms with Crippen molar-refractivity contribution in [2.24, 2.45) is 12.0 Å². The minimum Gasteiger partial charge on any atom is -0.325 e. The molecule has 0 bridgehead atoms. The molecular formula is C23H27N7O2. The van der Waals surface area contributed by atoms with Gasteiger partial charge in [-0.15, -0.1) is 10.2 Å². The third kappa shape index (κ3) is 5.84. The Hall–Kier alpha value is -3.88. The Morgan fingerprint density at radius 2 is 2.19 bits per heavy atom. The van der Waals surface area contributed by atoms with E-state index in [-0.39, 0.29) is 23.7 Å². The molecule has 1 aliphatic rings. The number of rotatable bonds is 7. The number of amides is 2. The van der Waals surface area contributed by atoms with Gasteiger partial charge in [-0.1, -0.05) is 19.1 Å². The molecule has 0 aromatic carbocycles. The number of pyridine rings is 1. The van der Waals surface area contributed by atoms with Gasteiger partial charge in [0.2, 0.25) is 5.91 Å². The van der Waals surface area contributed by atoms with Crippen LogP contribution >= 0.6 is 0 Å². The summed E-state index contributed by atoms with van der Waals surface area (Å²) in [6, 6.07) is 3.59. The second-order valence-corrected chi connectivity index (χ2v) is 7.57. The smallest absolute Gasteiger partial charge is 0.274 e. The van der Waals surface area contributed by atoms with E-state index in [0.717, 1.165) is 17.8 Å². The Bertz CT molecular complexity index is 1110. The Morgan fingerprint density at radius 3 is 2.88 bits per heavy atom. The predicted octanol–water partition coefficient (Wildman–Crippen LogP) is 2.39. The first-order chi connectivity index (χ1) is 15.4. The van der Waals surface area contributed by atoms with Crippen molar-refractivity contribution in [3.05, 3.63) is 77.4 Å². The number of carbonyl (C=O) groups is 2. The molecule has 0 fully saturated rings. The molecule has 9 heteroatoms. The standard InChI is InChI=1S/C23H27N7O2/c1-15(10-20(13-24-3)27-16(2)31)17-8-9-25-21(12-17)23(32)28-19-7-5-6-18(11-19)22-29-26-14-30(22)4/h5,7-15,18H,6H2,1-4H3,(H,27,31)(H,28,32)/b20-10+,24-13?. The maximum atomic E-state index is 12.8. The fourth-order valence-electron chi connectivity index (χ4n) is 3.45. The first-order valence-corrected chi connectivity index (χ1v) is 10.3. The highest BCUT2D eigenvalue weighted by Crippen LogP contribution is 2.24. The van der Waals surface area contributed by atoms with Gasteiger partial charge in [0.05, 0.1) is 5.70 Å². The van der Waals surface area contributed by atoms with Crippen molar-refractivity contribution in [2.75, 3.05) is 7.05 Å². The van der Waals surface area contributed by atoms with Crippen LogP contribution in [0, 0.1) is 0 Å². The molecule has 0 spiro atoms. The molecule has 2 unspecified atom stereocenters. The monoisotopic (exact) mass is 433 g/mol. The van der Waals surface area contributed by atoms with Crippen LogP contribution in [-0.2, 0) is 11.8 Å². The van der Waals surface area contributed by atoms with E-state index >= 15 is 0 Å². The lowest BCUT2D eigenvalue weighted by Crippen LogP contribution is -2.24. The molecule has 1 aliphatic carbocycles. The number of aromatic nitrogens is 4. The number of aliphatic imine (C=N–C) groups is 1. The number of nitrogens with one attached hydrogen (secondary N) is 2. The molecule has 0 saturated heterocycles. The summed E-state index contributed by atoms with van der Waals surface area (Å²) in [5, 5.41) is 13.8. The van der Waals surface area contributed by atoms with Crippen LogP contribution in [-0.4, -0.2) is 44.8 Å². The summed E-state index contributed by atoms with van der Waals surface area (Å²) in [7, 11) is 3.53. The highest BCUT2D eigenvalue weighted by Gasteiger charge is 2.18. The van der Waals surface area contributed by atoms with Crippen molar-refractivity contribution in [3.63, 3.8) is 0 Å². The zero-order valence-corrected chi connectivity index (χ0v) is 18.6. The van der Waals surface area contributed by atoms with Gasteiger partial charge in [0.25, 0.3) is 5.91 Å². The van der Waals surface area contributed by atoms with Crippen LogP contribution in [0.5, 0.6) is 0 Å². The van der Waals surface area contributed by atoms with Crippen LogP contribution in [0.15, 0.2) is 65.3 Å². The van der Waals surface area contributed by atoms with Gasteiger partial charge in [0, 0.05) is 51.0 Å². The van der Waals surface area contributed by atoms with Gasteiger partial charge in [-0.05, 0) is 36.3 Å². The van der Waals surface area contributed by atoms with Crippen molar-refractivity contribution in [1.29, 1.82) is 0 Å². The molecule has 2 heterocycles. The molecule has 166 valence electrons. The van der Waals surface area contributed by atoms with E-state index < -0.39 is 0 Å². The molecule has 0 radical (unpaired) electrons. The van der Waals surface area contributed by atoms with Crippen LogP contribution in [0.25, 0.3) is 0 Å². The molecular weight excluding hydrogens is 406 g/mol. The molecule has 0 aliphatic heterocycles. The number of allylic oxidation sites excluding steroid dienone is 5. The zero-order valence-electron chi connectivity index (χ0n) is 18.6. The highest BCUT2D eigenvalue weighted by molar-refractivity contribution is 5.94. The number of nitrogens with zero attached hydrogens (tertiary/aromatic N) is 5. The fraction of sp³-hybridized carbons (Fsp3) is 0.304. The average Bonchev–Trinajstić information content (AvgIpc) is 3.19. The van der Waals surface area contributed by atoms with Crippen LogP contribution in [0.1, 0.15) is 54.0 Å². The van der Waals surface area contributed by atoms with E-state index in [1.165, 1.54) is 6.92 Å². The number of aryl methyl sites for hydroxylation is 1. The Kier molecular flexibility index (Phi) is 7.43. The highest BCUT2D eigenvalue weighted by atomic mass is 16.2. The van der Waals surface area contributed by atoms with Crippen molar-refractivity contribution in [2.45, 2.75) is 32.1 Å². The number of hydrogen-bond acceptors (Lipinski definition) is 6. The van der Waals surface area contributed by atoms with Gasteiger partial charge in [-0.3, -0.25) is 19.6 Å². The van der Waals surface area contributed by atoms with Gasteiger partial charge in [0.1, 0.15) is 17.8 Å². The minimum atomic E-state index is -0.297. The molecule has 3 rings (SSSR count). The van der Waals surface area contributed by atoms with E-state index in [9.17, 15) is 9.59 Å². The van der Waals surface area contributed by atoms with E-state index in [1.807, 2.05) is 48.9 Å². The Balaban J connectivity index is 1.75. The number of carbonyl (C=O) groups excluding carboxylic acids is 2. The molecule has 9 nitrogen and oxygen atoms in total. The normalized spacial score (nSPS) is 17.2. The quantitative estimate of drug-likeness (QED) is 0.651. The summed E-state index contributed by atoms with van der Waals surface area (Å²) in [6.07, 6.45) is 13.4. The molecule has 2 aromatic heterocycles. The summed E-state index contributed by atoms with van der Waals surface area (Å²) in [5.41, 5.74) is 2.50. The van der Waals surface area contributed by atoms with Crippen LogP contribution in [0.4, 0.5) is 0 Å². The average molecular weight is 434 g/mol. The van der Waals surface area contributed by atoms with Crippen molar-refractivity contribution in [1.82, 2.24) is 30.4 Å². The minimum absolute atomic E-state index is 0.0414. The summed E-state index contributed by atoms with van der Waals surface area (Å²) in [4.78, 5) is 32.4. The molecule has 0 saturated carbocycles. The van der Waals surface area contributed by atoms with Crippen LogP contribution in [0.2, 0.25) is 0 Å².